The quantitative estimate of drug-likeness (QED) is 0.694. The van der Waals surface area contributed by atoms with E-state index in [1.54, 1.807) is 24.6 Å². The molecule has 0 aromatic carbocycles. The molecule has 82 valence electrons. The minimum Gasteiger partial charge on any atom is -0.337 e. The zero-order chi connectivity index (χ0) is 11.1. The number of hydrogen-bond donors (Lipinski definition) is 0. The van der Waals surface area contributed by atoms with Gasteiger partial charge in [0.1, 0.15) is 11.2 Å². The zero-order valence-electron chi connectivity index (χ0n) is 8.93. The molecule has 2 aromatic heterocycles. The van der Waals surface area contributed by atoms with Crippen molar-refractivity contribution in [2.75, 3.05) is 6.54 Å². The molecule has 4 nitrogen and oxygen atoms in total. The van der Waals surface area contributed by atoms with Gasteiger partial charge in [0.25, 0.3) is 0 Å². The van der Waals surface area contributed by atoms with E-state index in [0.29, 0.717) is 0 Å². The third kappa shape index (κ3) is 1.39. The molecule has 16 heavy (non-hydrogen) atoms. The standard InChI is InChI=1S/C11H11N3OS/c1-7(15)14-3-2-8-9-4-12-6-13-11(9)16-10(8)5-14/h4,6H,2-3,5H2,1H3. The monoisotopic (exact) mass is 233 g/mol. The van der Waals surface area contributed by atoms with Crippen LogP contribution in [0.15, 0.2) is 12.5 Å². The Labute approximate surface area is 96.9 Å². The second-order valence-electron chi connectivity index (χ2n) is 3.94. The first-order chi connectivity index (χ1) is 7.75. The molecule has 5 heteroatoms. The number of aromatic nitrogens is 2. The lowest BCUT2D eigenvalue weighted by Crippen LogP contribution is -2.33. The SMILES string of the molecule is CC(=O)N1CCc2c(sc3ncncc23)C1. The molecule has 2 aromatic rings. The minimum absolute atomic E-state index is 0.147. The van der Waals surface area contributed by atoms with Gasteiger partial charge >= 0.3 is 0 Å². The van der Waals surface area contributed by atoms with Crippen LogP contribution in [0.25, 0.3) is 10.2 Å². The topological polar surface area (TPSA) is 46.1 Å². The molecular formula is C11H11N3OS. The van der Waals surface area contributed by atoms with Crippen molar-refractivity contribution >= 4 is 27.5 Å². The van der Waals surface area contributed by atoms with E-state index in [1.165, 1.54) is 10.4 Å². The van der Waals surface area contributed by atoms with Crippen LogP contribution in [-0.4, -0.2) is 27.3 Å². The van der Waals surface area contributed by atoms with E-state index in [-0.39, 0.29) is 5.91 Å². The van der Waals surface area contributed by atoms with Crippen molar-refractivity contribution in [3.63, 3.8) is 0 Å². The van der Waals surface area contributed by atoms with Crippen LogP contribution >= 0.6 is 11.3 Å². The summed E-state index contributed by atoms with van der Waals surface area (Å²) in [6.07, 6.45) is 4.37. The third-order valence-corrected chi connectivity index (χ3v) is 4.11. The predicted molar refractivity (Wildman–Crippen MR) is 62.2 cm³/mol. The largest absolute Gasteiger partial charge is 0.337 e. The molecule has 3 rings (SSSR count). The van der Waals surface area contributed by atoms with Crippen molar-refractivity contribution in [2.24, 2.45) is 0 Å². The van der Waals surface area contributed by atoms with Crippen molar-refractivity contribution in [1.29, 1.82) is 0 Å². The summed E-state index contributed by atoms with van der Waals surface area (Å²) in [4.78, 5) is 23.8. The maximum absolute atomic E-state index is 11.3. The van der Waals surface area contributed by atoms with Gasteiger partial charge in [-0.25, -0.2) is 9.97 Å². The normalized spacial score (nSPS) is 15.2. The van der Waals surface area contributed by atoms with E-state index in [1.807, 2.05) is 11.1 Å². The molecule has 0 saturated carbocycles. The van der Waals surface area contributed by atoms with Gasteiger partial charge in [0.05, 0.1) is 6.54 Å². The Morgan fingerprint density at radius 2 is 2.44 bits per heavy atom. The number of rotatable bonds is 0. The Morgan fingerprint density at radius 1 is 1.56 bits per heavy atom. The molecular weight excluding hydrogens is 222 g/mol. The van der Waals surface area contributed by atoms with E-state index in [9.17, 15) is 4.79 Å². The molecule has 0 bridgehead atoms. The van der Waals surface area contributed by atoms with Gasteiger partial charge in [-0.2, -0.15) is 0 Å². The summed E-state index contributed by atoms with van der Waals surface area (Å²) >= 11 is 1.68. The zero-order valence-corrected chi connectivity index (χ0v) is 9.75. The third-order valence-electron chi connectivity index (χ3n) is 2.97. The fourth-order valence-corrected chi connectivity index (χ4v) is 3.28. The molecule has 0 saturated heterocycles. The van der Waals surface area contributed by atoms with Gasteiger partial charge in [-0.3, -0.25) is 4.79 Å². The second kappa shape index (κ2) is 3.52. The van der Waals surface area contributed by atoms with Gasteiger partial charge in [-0.1, -0.05) is 0 Å². The highest BCUT2D eigenvalue weighted by atomic mass is 32.1. The average Bonchev–Trinajstić information content (AvgIpc) is 2.66. The van der Waals surface area contributed by atoms with Gasteiger partial charge < -0.3 is 4.90 Å². The van der Waals surface area contributed by atoms with E-state index in [0.717, 1.165) is 29.7 Å². The number of fused-ring (bicyclic) bond motifs is 3. The summed E-state index contributed by atoms with van der Waals surface area (Å²) in [6.45, 7) is 3.16. The van der Waals surface area contributed by atoms with Gasteiger partial charge in [0.15, 0.2) is 0 Å². The van der Waals surface area contributed by atoms with Gasteiger partial charge in [-0.15, -0.1) is 11.3 Å². The summed E-state index contributed by atoms with van der Waals surface area (Å²) in [6, 6.07) is 0. The fraction of sp³-hybridized carbons (Fsp3) is 0.364. The maximum Gasteiger partial charge on any atom is 0.219 e. The smallest absolute Gasteiger partial charge is 0.219 e. The highest BCUT2D eigenvalue weighted by molar-refractivity contribution is 7.18. The predicted octanol–water partition coefficient (Wildman–Crippen LogP) is 1.60. The molecule has 0 unspecified atom stereocenters. The lowest BCUT2D eigenvalue weighted by molar-refractivity contribution is -0.129. The molecule has 0 aliphatic carbocycles. The molecule has 1 aliphatic rings. The van der Waals surface area contributed by atoms with E-state index < -0.39 is 0 Å². The Bertz CT molecular complexity index is 563. The maximum atomic E-state index is 11.3. The summed E-state index contributed by atoms with van der Waals surface area (Å²) in [5, 5.41) is 1.16. The Hall–Kier alpha value is -1.49. The van der Waals surface area contributed by atoms with Crippen molar-refractivity contribution in [1.82, 2.24) is 14.9 Å². The van der Waals surface area contributed by atoms with E-state index in [4.69, 9.17) is 0 Å². The first-order valence-electron chi connectivity index (χ1n) is 5.21. The molecule has 0 N–H and O–H groups in total. The number of carbonyl (C=O) groups excluding carboxylic acids is 1. The number of nitrogens with zero attached hydrogens (tertiary/aromatic N) is 3. The molecule has 3 heterocycles. The van der Waals surface area contributed by atoms with Gasteiger partial charge in [0.2, 0.25) is 5.91 Å². The Balaban J connectivity index is 2.09. The molecule has 0 atom stereocenters. The van der Waals surface area contributed by atoms with Crippen molar-refractivity contribution in [3.05, 3.63) is 23.0 Å². The first kappa shape index (κ1) is 9.72. The summed E-state index contributed by atoms with van der Waals surface area (Å²) in [5.74, 6) is 0.147. The van der Waals surface area contributed by atoms with Crippen LogP contribution in [0.2, 0.25) is 0 Å². The van der Waals surface area contributed by atoms with Crippen LogP contribution < -0.4 is 0 Å². The van der Waals surface area contributed by atoms with Crippen LogP contribution in [0.5, 0.6) is 0 Å². The number of amides is 1. The summed E-state index contributed by atoms with van der Waals surface area (Å²) < 4.78 is 0. The molecule has 0 fully saturated rings. The minimum atomic E-state index is 0.147. The highest BCUT2D eigenvalue weighted by Gasteiger charge is 2.22. The van der Waals surface area contributed by atoms with Crippen LogP contribution in [0.4, 0.5) is 0 Å². The molecule has 0 radical (unpaired) electrons. The van der Waals surface area contributed by atoms with Crippen molar-refractivity contribution in [2.45, 2.75) is 19.9 Å². The number of carbonyl (C=O) groups is 1. The van der Waals surface area contributed by atoms with Gasteiger partial charge in [0, 0.05) is 29.9 Å². The number of hydrogen-bond acceptors (Lipinski definition) is 4. The molecule has 0 spiro atoms. The van der Waals surface area contributed by atoms with Crippen molar-refractivity contribution < 1.29 is 4.79 Å². The highest BCUT2D eigenvalue weighted by Crippen LogP contribution is 2.33. The van der Waals surface area contributed by atoms with Crippen LogP contribution in [0, 0.1) is 0 Å². The van der Waals surface area contributed by atoms with Crippen molar-refractivity contribution in [3.8, 4) is 0 Å². The first-order valence-corrected chi connectivity index (χ1v) is 6.03. The molecule has 1 aliphatic heterocycles. The van der Waals surface area contributed by atoms with Crippen LogP contribution in [0.1, 0.15) is 17.4 Å². The Morgan fingerprint density at radius 3 is 3.25 bits per heavy atom. The average molecular weight is 233 g/mol. The second-order valence-corrected chi connectivity index (χ2v) is 5.02. The summed E-state index contributed by atoms with van der Waals surface area (Å²) in [5.41, 5.74) is 1.33. The number of thiophene rings is 1. The summed E-state index contributed by atoms with van der Waals surface area (Å²) in [7, 11) is 0. The van der Waals surface area contributed by atoms with E-state index in [2.05, 4.69) is 9.97 Å². The fourth-order valence-electron chi connectivity index (χ4n) is 2.10. The van der Waals surface area contributed by atoms with Gasteiger partial charge in [-0.05, 0) is 12.0 Å². The lowest BCUT2D eigenvalue weighted by atomic mass is 10.1. The van der Waals surface area contributed by atoms with E-state index >= 15 is 0 Å². The van der Waals surface area contributed by atoms with Crippen LogP contribution in [-0.2, 0) is 17.8 Å². The molecule has 1 amide bonds. The lowest BCUT2D eigenvalue weighted by Gasteiger charge is -2.25. The van der Waals surface area contributed by atoms with Crippen LogP contribution in [0.3, 0.4) is 0 Å². The Kier molecular flexibility index (Phi) is 2.14.